The second-order valence-electron chi connectivity index (χ2n) is 7.30. The number of hydrogen-bond donors (Lipinski definition) is 1. The number of benzene rings is 2. The second kappa shape index (κ2) is 8.25. The van der Waals surface area contributed by atoms with Crippen molar-refractivity contribution in [2.24, 2.45) is 5.92 Å². The Kier molecular flexibility index (Phi) is 5.96. The first kappa shape index (κ1) is 20.2. The van der Waals surface area contributed by atoms with Crippen molar-refractivity contribution in [3.05, 3.63) is 53.6 Å². The summed E-state index contributed by atoms with van der Waals surface area (Å²) in [6.45, 7) is 2.49. The molecule has 1 N–H and O–H groups in total. The summed E-state index contributed by atoms with van der Waals surface area (Å²) in [5.41, 5.74) is 1.13. The Morgan fingerprint density at radius 2 is 1.82 bits per heavy atom. The summed E-state index contributed by atoms with van der Waals surface area (Å²) >= 11 is 0. The molecule has 1 saturated carbocycles. The Morgan fingerprint density at radius 1 is 1.14 bits per heavy atom. The van der Waals surface area contributed by atoms with E-state index in [2.05, 4.69) is 0 Å². The third kappa shape index (κ3) is 5.06. The molecule has 6 heteroatoms. The summed E-state index contributed by atoms with van der Waals surface area (Å²) in [7, 11) is 0. The molecule has 1 unspecified atom stereocenters. The van der Waals surface area contributed by atoms with Crippen molar-refractivity contribution in [2.75, 3.05) is 6.61 Å². The van der Waals surface area contributed by atoms with Crippen LogP contribution in [0.1, 0.15) is 49.7 Å². The molecule has 0 bridgehead atoms. The van der Waals surface area contributed by atoms with E-state index in [9.17, 15) is 23.1 Å². The molecule has 1 atom stereocenters. The largest absolute Gasteiger partial charge is 0.493 e. The van der Waals surface area contributed by atoms with Crippen LogP contribution in [0, 0.1) is 5.92 Å². The number of carbonyl (C=O) groups is 1. The average Bonchev–Trinajstić information content (AvgIpc) is 3.48. The zero-order chi connectivity index (χ0) is 20.3. The van der Waals surface area contributed by atoms with Crippen molar-refractivity contribution in [3.63, 3.8) is 0 Å². The van der Waals surface area contributed by atoms with Crippen molar-refractivity contribution >= 4 is 5.97 Å². The second-order valence-corrected chi connectivity index (χ2v) is 7.30. The van der Waals surface area contributed by atoms with E-state index in [1.807, 2.05) is 6.92 Å². The van der Waals surface area contributed by atoms with E-state index in [1.54, 1.807) is 18.2 Å². The van der Waals surface area contributed by atoms with Crippen LogP contribution in [-0.4, -0.2) is 17.7 Å². The van der Waals surface area contributed by atoms with Gasteiger partial charge in [-0.15, -0.1) is 0 Å². The van der Waals surface area contributed by atoms with Gasteiger partial charge < -0.3 is 9.84 Å². The molecule has 0 radical (unpaired) electrons. The molecule has 1 aliphatic rings. The van der Waals surface area contributed by atoms with E-state index in [4.69, 9.17) is 4.74 Å². The molecule has 0 saturated heterocycles. The zero-order valence-corrected chi connectivity index (χ0v) is 15.6. The predicted octanol–water partition coefficient (Wildman–Crippen LogP) is 6.13. The smallest absolute Gasteiger partial charge is 0.416 e. The van der Waals surface area contributed by atoms with Crippen LogP contribution in [0.2, 0.25) is 0 Å². The number of rotatable bonds is 8. The fourth-order valence-corrected chi connectivity index (χ4v) is 3.14. The van der Waals surface area contributed by atoms with Gasteiger partial charge in [0.05, 0.1) is 18.1 Å². The van der Waals surface area contributed by atoms with Gasteiger partial charge in [-0.25, -0.2) is 0 Å². The lowest BCUT2D eigenvalue weighted by Gasteiger charge is -2.16. The van der Waals surface area contributed by atoms with Crippen LogP contribution in [0.15, 0.2) is 42.5 Å². The Morgan fingerprint density at radius 3 is 2.36 bits per heavy atom. The fraction of sp³-hybridized carbons (Fsp3) is 0.409. The van der Waals surface area contributed by atoms with Gasteiger partial charge in [0, 0.05) is 0 Å². The van der Waals surface area contributed by atoms with Gasteiger partial charge in [-0.2, -0.15) is 13.2 Å². The normalized spacial score (nSPS) is 15.3. The van der Waals surface area contributed by atoms with Crippen LogP contribution in [0.3, 0.4) is 0 Å². The van der Waals surface area contributed by atoms with E-state index >= 15 is 0 Å². The van der Waals surface area contributed by atoms with E-state index in [0.717, 1.165) is 25.0 Å². The molecule has 0 aliphatic heterocycles. The summed E-state index contributed by atoms with van der Waals surface area (Å²) in [6, 6.07) is 10.1. The monoisotopic (exact) mass is 392 g/mol. The summed E-state index contributed by atoms with van der Waals surface area (Å²) in [4.78, 5) is 11.7. The third-order valence-electron chi connectivity index (χ3n) is 4.93. The van der Waals surface area contributed by atoms with Crippen molar-refractivity contribution in [3.8, 4) is 16.9 Å². The minimum Gasteiger partial charge on any atom is -0.493 e. The molecule has 0 spiro atoms. The highest BCUT2D eigenvalue weighted by atomic mass is 19.4. The summed E-state index contributed by atoms with van der Waals surface area (Å²) in [6.07, 6.45) is -0.958. The van der Waals surface area contributed by atoms with Gasteiger partial charge in [0.15, 0.2) is 0 Å². The Labute approximate surface area is 162 Å². The maximum atomic E-state index is 12.8. The minimum atomic E-state index is -4.39. The molecule has 2 aromatic rings. The summed E-state index contributed by atoms with van der Waals surface area (Å²) < 4.78 is 44.3. The lowest BCUT2D eigenvalue weighted by Crippen LogP contribution is -2.12. The SMILES string of the molecule is CCCC(C(=O)O)c1cc(OCC2CC2)cc(-c2ccc(C(F)(F)F)cc2)c1. The molecule has 1 fully saturated rings. The topological polar surface area (TPSA) is 46.5 Å². The molecular formula is C22H23F3O3. The number of ether oxygens (including phenoxy) is 1. The molecule has 3 nitrogen and oxygen atoms in total. The number of aliphatic carboxylic acids is 1. The predicted molar refractivity (Wildman–Crippen MR) is 100 cm³/mol. The standard InChI is InChI=1S/C22H23F3O3/c1-2-3-20(21(26)27)17-10-16(11-19(12-17)28-13-14-4-5-14)15-6-8-18(9-7-15)22(23,24)25/h6-12,14,20H,2-5,13H2,1H3,(H,26,27). The summed E-state index contributed by atoms with van der Waals surface area (Å²) in [5.74, 6) is -0.507. The van der Waals surface area contributed by atoms with E-state index in [-0.39, 0.29) is 0 Å². The highest BCUT2D eigenvalue weighted by Gasteiger charge is 2.30. The maximum Gasteiger partial charge on any atom is 0.416 e. The van der Waals surface area contributed by atoms with Crippen molar-refractivity contribution < 1.29 is 27.8 Å². The van der Waals surface area contributed by atoms with Crippen LogP contribution in [-0.2, 0) is 11.0 Å². The first-order valence-electron chi connectivity index (χ1n) is 9.46. The summed E-state index contributed by atoms with van der Waals surface area (Å²) in [5, 5.41) is 9.60. The van der Waals surface area contributed by atoms with Crippen LogP contribution >= 0.6 is 0 Å². The Balaban J connectivity index is 1.96. The van der Waals surface area contributed by atoms with Gasteiger partial charge in [0.1, 0.15) is 5.75 Å². The molecule has 2 aromatic carbocycles. The van der Waals surface area contributed by atoms with Gasteiger partial charge in [-0.05, 0) is 66.1 Å². The maximum absolute atomic E-state index is 12.8. The first-order valence-corrected chi connectivity index (χ1v) is 9.46. The number of alkyl halides is 3. The third-order valence-corrected chi connectivity index (χ3v) is 4.93. The van der Waals surface area contributed by atoms with Crippen molar-refractivity contribution in [2.45, 2.75) is 44.7 Å². The van der Waals surface area contributed by atoms with Gasteiger partial charge in [-0.1, -0.05) is 31.5 Å². The molecule has 0 aromatic heterocycles. The Bertz CT molecular complexity index is 824. The quantitative estimate of drug-likeness (QED) is 0.588. The number of carboxylic acids is 1. The van der Waals surface area contributed by atoms with Gasteiger partial charge in [0.2, 0.25) is 0 Å². The number of hydrogen-bond acceptors (Lipinski definition) is 2. The van der Waals surface area contributed by atoms with Crippen molar-refractivity contribution in [1.82, 2.24) is 0 Å². The van der Waals surface area contributed by atoms with Crippen LogP contribution in [0.4, 0.5) is 13.2 Å². The number of carboxylic acid groups (broad SMARTS) is 1. The van der Waals surface area contributed by atoms with Gasteiger partial charge in [-0.3, -0.25) is 4.79 Å². The lowest BCUT2D eigenvalue weighted by atomic mass is 9.91. The minimum absolute atomic E-state index is 0.480. The number of halogens is 3. The molecule has 3 rings (SSSR count). The fourth-order valence-electron chi connectivity index (χ4n) is 3.14. The molecule has 0 heterocycles. The molecule has 28 heavy (non-hydrogen) atoms. The highest BCUT2D eigenvalue weighted by Crippen LogP contribution is 2.35. The Hall–Kier alpha value is -2.50. The molecule has 0 amide bonds. The molecular weight excluding hydrogens is 369 g/mol. The first-order chi connectivity index (χ1) is 13.3. The van der Waals surface area contributed by atoms with Gasteiger partial charge >= 0.3 is 12.1 Å². The van der Waals surface area contributed by atoms with E-state index in [0.29, 0.717) is 47.8 Å². The van der Waals surface area contributed by atoms with Crippen molar-refractivity contribution in [1.29, 1.82) is 0 Å². The van der Waals surface area contributed by atoms with E-state index < -0.39 is 23.6 Å². The van der Waals surface area contributed by atoms with Crippen LogP contribution in [0.5, 0.6) is 5.75 Å². The molecule has 1 aliphatic carbocycles. The molecule has 150 valence electrons. The van der Waals surface area contributed by atoms with Crippen LogP contribution in [0.25, 0.3) is 11.1 Å². The zero-order valence-electron chi connectivity index (χ0n) is 15.6. The van der Waals surface area contributed by atoms with Gasteiger partial charge in [0.25, 0.3) is 0 Å². The van der Waals surface area contributed by atoms with Crippen LogP contribution < -0.4 is 4.74 Å². The highest BCUT2D eigenvalue weighted by molar-refractivity contribution is 5.78. The average molecular weight is 392 g/mol. The van der Waals surface area contributed by atoms with E-state index in [1.165, 1.54) is 12.1 Å². The lowest BCUT2D eigenvalue weighted by molar-refractivity contribution is -0.139.